The Hall–Kier alpha value is -1.40. The molecule has 1 atom stereocenters. The second-order valence-electron chi connectivity index (χ2n) is 7.25. The first-order chi connectivity index (χ1) is 12.8. The van der Waals surface area contributed by atoms with Crippen molar-refractivity contribution in [3.63, 3.8) is 0 Å². The van der Waals surface area contributed by atoms with Gasteiger partial charge in [0.1, 0.15) is 0 Å². The van der Waals surface area contributed by atoms with Crippen molar-refractivity contribution in [3.05, 3.63) is 30.3 Å². The number of benzene rings is 1. The Labute approximate surface area is 160 Å². The van der Waals surface area contributed by atoms with Gasteiger partial charge in [-0.2, -0.15) is 0 Å². The molecule has 1 heterocycles. The van der Waals surface area contributed by atoms with Gasteiger partial charge in [0.25, 0.3) is 0 Å². The molecule has 5 nitrogen and oxygen atoms in total. The van der Waals surface area contributed by atoms with Crippen LogP contribution in [0.4, 0.5) is 0 Å². The summed E-state index contributed by atoms with van der Waals surface area (Å²) in [5.41, 5.74) is 0. The third-order valence-electron chi connectivity index (χ3n) is 5.52. The number of rotatable bonds is 6. The first kappa shape index (κ1) is 19.4. The quantitative estimate of drug-likeness (QED) is 0.591. The van der Waals surface area contributed by atoms with Crippen molar-refractivity contribution in [2.24, 2.45) is 4.99 Å². The summed E-state index contributed by atoms with van der Waals surface area (Å²) in [6.45, 7) is 3.04. The summed E-state index contributed by atoms with van der Waals surface area (Å²) in [6, 6.07) is 11.0. The van der Waals surface area contributed by atoms with Crippen molar-refractivity contribution in [2.75, 3.05) is 32.4 Å². The molecule has 1 saturated carbocycles. The molecule has 1 aliphatic carbocycles. The first-order valence-electron chi connectivity index (χ1n) is 9.91. The molecule has 0 bridgehead atoms. The highest BCUT2D eigenvalue weighted by Crippen LogP contribution is 2.26. The van der Waals surface area contributed by atoms with E-state index in [1.165, 1.54) is 51.6 Å². The molecule has 0 amide bonds. The summed E-state index contributed by atoms with van der Waals surface area (Å²) in [4.78, 5) is 7.90. The maximum Gasteiger partial charge on any atom is 0.191 e. The number of hydrogen-bond acceptors (Lipinski definition) is 3. The van der Waals surface area contributed by atoms with E-state index in [1.54, 1.807) is 7.05 Å². The molecule has 26 heavy (non-hydrogen) atoms. The van der Waals surface area contributed by atoms with Gasteiger partial charge in [0.15, 0.2) is 5.96 Å². The highest BCUT2D eigenvalue weighted by Gasteiger charge is 2.27. The average Bonchev–Trinajstić information content (AvgIpc) is 3.23. The molecule has 3 rings (SSSR count). The summed E-state index contributed by atoms with van der Waals surface area (Å²) in [7, 11) is 0.836. The lowest BCUT2D eigenvalue weighted by atomic mass is 10.0. The zero-order valence-electron chi connectivity index (χ0n) is 15.8. The largest absolute Gasteiger partial charge is 0.355 e. The number of nitrogens with one attached hydrogen (secondary N) is 2. The van der Waals surface area contributed by atoms with E-state index < -0.39 is 10.8 Å². The van der Waals surface area contributed by atoms with Gasteiger partial charge in [0, 0.05) is 49.4 Å². The second-order valence-corrected chi connectivity index (χ2v) is 8.83. The lowest BCUT2D eigenvalue weighted by molar-refractivity contribution is 0.150. The van der Waals surface area contributed by atoms with Gasteiger partial charge in [0.05, 0.1) is 10.8 Å². The van der Waals surface area contributed by atoms with Crippen LogP contribution in [-0.4, -0.2) is 59.6 Å². The Morgan fingerprint density at radius 2 is 1.85 bits per heavy atom. The van der Waals surface area contributed by atoms with Crippen molar-refractivity contribution in [3.8, 4) is 0 Å². The van der Waals surface area contributed by atoms with Crippen molar-refractivity contribution in [1.82, 2.24) is 15.5 Å². The van der Waals surface area contributed by atoms with Crippen molar-refractivity contribution < 1.29 is 4.21 Å². The van der Waals surface area contributed by atoms with Crippen LogP contribution in [0.1, 0.15) is 38.5 Å². The van der Waals surface area contributed by atoms with Crippen molar-refractivity contribution in [1.29, 1.82) is 0 Å². The number of likely N-dealkylation sites (tertiary alicyclic amines) is 1. The fraction of sp³-hybridized carbons (Fsp3) is 0.650. The third-order valence-corrected chi connectivity index (χ3v) is 6.89. The molecular weight excluding hydrogens is 344 g/mol. The molecule has 1 aromatic carbocycles. The average molecular weight is 377 g/mol. The van der Waals surface area contributed by atoms with Crippen LogP contribution in [0.2, 0.25) is 0 Å². The Kier molecular flexibility index (Phi) is 7.50. The molecule has 2 aliphatic rings. The molecule has 2 fully saturated rings. The molecule has 1 saturated heterocycles. The fourth-order valence-electron chi connectivity index (χ4n) is 4.02. The van der Waals surface area contributed by atoms with Gasteiger partial charge in [0.2, 0.25) is 0 Å². The van der Waals surface area contributed by atoms with Crippen LogP contribution in [0.3, 0.4) is 0 Å². The van der Waals surface area contributed by atoms with E-state index in [2.05, 4.69) is 20.5 Å². The third kappa shape index (κ3) is 5.55. The minimum atomic E-state index is -0.967. The van der Waals surface area contributed by atoms with E-state index in [-0.39, 0.29) is 0 Å². The molecule has 0 spiro atoms. The number of nitrogens with zero attached hydrogens (tertiary/aromatic N) is 2. The Balaban J connectivity index is 1.36. The Bertz CT molecular complexity index is 593. The number of aliphatic imine (C=N–C) groups is 1. The van der Waals surface area contributed by atoms with Crippen molar-refractivity contribution in [2.45, 2.75) is 55.5 Å². The van der Waals surface area contributed by atoms with E-state index in [4.69, 9.17) is 0 Å². The fourth-order valence-corrected chi connectivity index (χ4v) is 5.00. The minimum absolute atomic E-state index is 0.485. The summed E-state index contributed by atoms with van der Waals surface area (Å²) >= 11 is 0. The normalized spacial score (nSPS) is 21.7. The number of guanidine groups is 1. The van der Waals surface area contributed by atoms with Crippen LogP contribution >= 0.6 is 0 Å². The predicted octanol–water partition coefficient (Wildman–Crippen LogP) is 2.37. The molecule has 1 unspecified atom stereocenters. The molecule has 2 N–H and O–H groups in total. The van der Waals surface area contributed by atoms with Crippen LogP contribution < -0.4 is 10.6 Å². The van der Waals surface area contributed by atoms with Gasteiger partial charge in [-0.05, 0) is 37.8 Å². The molecule has 1 aromatic rings. The minimum Gasteiger partial charge on any atom is -0.355 e. The zero-order chi connectivity index (χ0) is 18.2. The van der Waals surface area contributed by atoms with Gasteiger partial charge < -0.3 is 15.5 Å². The topological polar surface area (TPSA) is 56.7 Å². The van der Waals surface area contributed by atoms with Gasteiger partial charge in [-0.25, -0.2) is 0 Å². The van der Waals surface area contributed by atoms with Gasteiger partial charge in [-0.1, -0.05) is 31.0 Å². The van der Waals surface area contributed by atoms with E-state index in [1.807, 2.05) is 30.3 Å². The molecule has 0 aromatic heterocycles. The Morgan fingerprint density at radius 3 is 2.50 bits per heavy atom. The van der Waals surface area contributed by atoms with E-state index in [9.17, 15) is 4.21 Å². The van der Waals surface area contributed by atoms with Crippen LogP contribution in [0.25, 0.3) is 0 Å². The first-order valence-corrected chi connectivity index (χ1v) is 11.2. The van der Waals surface area contributed by atoms with Crippen LogP contribution in [0, 0.1) is 0 Å². The van der Waals surface area contributed by atoms with Gasteiger partial charge in [-0.15, -0.1) is 0 Å². The van der Waals surface area contributed by atoms with Gasteiger partial charge in [-0.3, -0.25) is 9.20 Å². The molecular formula is C20H32N4OS. The van der Waals surface area contributed by atoms with Crippen LogP contribution in [0.15, 0.2) is 40.2 Å². The van der Waals surface area contributed by atoms with Crippen molar-refractivity contribution >= 4 is 16.8 Å². The Morgan fingerprint density at radius 1 is 1.15 bits per heavy atom. The molecule has 6 heteroatoms. The SMILES string of the molecule is CN=C(NCCS(=O)c1ccccc1)NC1CCN(C2CCCC2)CC1. The number of piperidine rings is 1. The van der Waals surface area contributed by atoms with Crippen LogP contribution in [0.5, 0.6) is 0 Å². The van der Waals surface area contributed by atoms with E-state index >= 15 is 0 Å². The number of hydrogen-bond donors (Lipinski definition) is 2. The lowest BCUT2D eigenvalue weighted by Gasteiger charge is -2.36. The molecule has 1 aliphatic heterocycles. The molecule has 0 radical (unpaired) electrons. The summed E-state index contributed by atoms with van der Waals surface area (Å²) in [5.74, 6) is 1.42. The summed E-state index contributed by atoms with van der Waals surface area (Å²) < 4.78 is 12.3. The summed E-state index contributed by atoms with van der Waals surface area (Å²) in [5, 5.41) is 6.86. The maximum atomic E-state index is 12.3. The lowest BCUT2D eigenvalue weighted by Crippen LogP contribution is -2.50. The van der Waals surface area contributed by atoms with E-state index in [0.717, 1.165) is 16.9 Å². The van der Waals surface area contributed by atoms with Gasteiger partial charge >= 0.3 is 0 Å². The zero-order valence-corrected chi connectivity index (χ0v) is 16.6. The monoisotopic (exact) mass is 376 g/mol. The smallest absolute Gasteiger partial charge is 0.191 e. The highest BCUT2D eigenvalue weighted by atomic mass is 32.2. The van der Waals surface area contributed by atoms with E-state index in [0.29, 0.717) is 18.3 Å². The molecule has 144 valence electrons. The second kappa shape index (κ2) is 10.1. The standard InChI is InChI=1S/C20H32N4OS/c1-21-20(22-13-16-26(25)19-9-3-2-4-10-19)23-17-11-14-24(15-12-17)18-7-5-6-8-18/h2-4,9-10,17-18H,5-8,11-16H2,1H3,(H2,21,22,23). The van der Waals surface area contributed by atoms with Crippen LogP contribution in [-0.2, 0) is 10.8 Å². The summed E-state index contributed by atoms with van der Waals surface area (Å²) in [6.07, 6.45) is 7.94. The maximum absolute atomic E-state index is 12.3. The highest BCUT2D eigenvalue weighted by molar-refractivity contribution is 7.85. The predicted molar refractivity (Wildman–Crippen MR) is 109 cm³/mol.